The molecule has 0 radical (unpaired) electrons. The van der Waals surface area contributed by atoms with E-state index in [-0.39, 0.29) is 0 Å². The fourth-order valence-electron chi connectivity index (χ4n) is 2.99. The van der Waals surface area contributed by atoms with Gasteiger partial charge in [0.25, 0.3) is 0 Å². The molecule has 112 valence electrons. The number of alkyl halides is 1. The molecule has 0 N–H and O–H groups in total. The summed E-state index contributed by atoms with van der Waals surface area (Å²) in [4.78, 5) is 7.21. The summed E-state index contributed by atoms with van der Waals surface area (Å²) in [5.74, 6) is 1.36. The molecule has 0 amide bonds. The maximum Gasteiger partial charge on any atom is 0.123 e. The van der Waals surface area contributed by atoms with E-state index >= 15 is 0 Å². The highest BCUT2D eigenvalue weighted by molar-refractivity contribution is 7.13. The number of benzene rings is 1. The van der Waals surface area contributed by atoms with Gasteiger partial charge in [-0.25, -0.2) is 4.98 Å². The van der Waals surface area contributed by atoms with Crippen LogP contribution in [0.25, 0.3) is 10.6 Å². The van der Waals surface area contributed by atoms with Crippen LogP contribution in [0.5, 0.6) is 0 Å². The average Bonchev–Trinajstić information content (AvgIpc) is 3.16. The first-order chi connectivity index (χ1) is 10.3. The molecule has 1 fully saturated rings. The Morgan fingerprint density at radius 1 is 1.38 bits per heavy atom. The van der Waals surface area contributed by atoms with Crippen LogP contribution < -0.4 is 0 Å². The van der Waals surface area contributed by atoms with E-state index in [1.807, 2.05) is 0 Å². The predicted molar refractivity (Wildman–Crippen MR) is 90.8 cm³/mol. The number of hydrogen-bond donors (Lipinski definition) is 0. The zero-order chi connectivity index (χ0) is 14.7. The van der Waals surface area contributed by atoms with E-state index in [1.165, 1.54) is 37.1 Å². The van der Waals surface area contributed by atoms with Gasteiger partial charge in [-0.15, -0.1) is 22.9 Å². The molecule has 21 heavy (non-hydrogen) atoms. The fourth-order valence-corrected chi connectivity index (χ4v) is 4.10. The van der Waals surface area contributed by atoms with Crippen molar-refractivity contribution in [1.82, 2.24) is 9.88 Å². The molecular weight excluding hydrogens is 300 g/mol. The van der Waals surface area contributed by atoms with Gasteiger partial charge < -0.3 is 0 Å². The van der Waals surface area contributed by atoms with Crippen molar-refractivity contribution >= 4 is 22.9 Å². The van der Waals surface area contributed by atoms with Gasteiger partial charge in [0, 0.05) is 24.0 Å². The highest BCUT2D eigenvalue weighted by atomic mass is 35.5. The minimum Gasteiger partial charge on any atom is -0.299 e. The minimum absolute atomic E-state index is 0.489. The van der Waals surface area contributed by atoms with Crippen molar-refractivity contribution in [3.63, 3.8) is 0 Å². The Morgan fingerprint density at radius 2 is 2.24 bits per heavy atom. The average molecular weight is 321 g/mol. The van der Waals surface area contributed by atoms with E-state index in [1.54, 1.807) is 11.3 Å². The molecule has 0 saturated carbocycles. The van der Waals surface area contributed by atoms with Crippen LogP contribution in [0, 0.1) is 5.92 Å². The SMILES string of the molecule is CCC1CCN(Cc2ccccc2-c2nc(CCl)cs2)C1. The van der Waals surface area contributed by atoms with Gasteiger partial charge in [-0.3, -0.25) is 4.90 Å². The molecule has 1 aliphatic rings. The van der Waals surface area contributed by atoms with Crippen LogP contribution in [-0.4, -0.2) is 23.0 Å². The van der Waals surface area contributed by atoms with Crippen LogP contribution in [0.4, 0.5) is 0 Å². The molecule has 4 heteroatoms. The number of rotatable bonds is 5. The molecule has 0 aliphatic carbocycles. The summed E-state index contributed by atoms with van der Waals surface area (Å²) in [5.41, 5.74) is 3.61. The third-order valence-corrected chi connectivity index (χ3v) is 5.48. The van der Waals surface area contributed by atoms with Gasteiger partial charge in [0.05, 0.1) is 11.6 Å². The second-order valence-corrected chi connectivity index (χ2v) is 6.86. The lowest BCUT2D eigenvalue weighted by Gasteiger charge is -2.17. The van der Waals surface area contributed by atoms with Gasteiger partial charge >= 0.3 is 0 Å². The van der Waals surface area contributed by atoms with Crippen LogP contribution in [0.2, 0.25) is 0 Å². The lowest BCUT2D eigenvalue weighted by molar-refractivity contribution is 0.315. The second-order valence-electron chi connectivity index (χ2n) is 5.73. The van der Waals surface area contributed by atoms with Crippen LogP contribution in [0.1, 0.15) is 31.0 Å². The summed E-state index contributed by atoms with van der Waals surface area (Å²) in [5, 5.41) is 3.15. The van der Waals surface area contributed by atoms with Gasteiger partial charge in [-0.1, -0.05) is 37.6 Å². The normalized spacial score (nSPS) is 19.2. The van der Waals surface area contributed by atoms with E-state index in [0.29, 0.717) is 5.88 Å². The van der Waals surface area contributed by atoms with Crippen molar-refractivity contribution in [2.24, 2.45) is 5.92 Å². The maximum atomic E-state index is 5.87. The Labute approximate surface area is 135 Å². The molecule has 2 nitrogen and oxygen atoms in total. The topological polar surface area (TPSA) is 16.1 Å². The number of nitrogens with zero attached hydrogens (tertiary/aromatic N) is 2. The Morgan fingerprint density at radius 3 is 2.95 bits per heavy atom. The number of hydrogen-bond acceptors (Lipinski definition) is 3. The van der Waals surface area contributed by atoms with Crippen molar-refractivity contribution in [2.45, 2.75) is 32.2 Å². The van der Waals surface area contributed by atoms with Gasteiger partial charge in [0.2, 0.25) is 0 Å². The van der Waals surface area contributed by atoms with Crippen molar-refractivity contribution in [1.29, 1.82) is 0 Å². The monoisotopic (exact) mass is 320 g/mol. The molecule has 0 spiro atoms. The molecule has 1 aliphatic heterocycles. The molecule has 2 heterocycles. The first-order valence-electron chi connectivity index (χ1n) is 7.61. The number of thiazole rings is 1. The molecule has 2 aromatic rings. The molecule has 0 bridgehead atoms. The van der Waals surface area contributed by atoms with E-state index in [9.17, 15) is 0 Å². The van der Waals surface area contributed by atoms with Crippen LogP contribution >= 0.6 is 22.9 Å². The highest BCUT2D eigenvalue weighted by Crippen LogP contribution is 2.30. The standard InChI is InChI=1S/C17H21ClN2S/c1-2-13-7-8-20(10-13)11-14-5-3-4-6-16(14)17-19-15(9-18)12-21-17/h3-6,12-13H,2,7-11H2,1H3. The summed E-state index contributed by atoms with van der Waals surface area (Å²) >= 11 is 7.56. The van der Waals surface area contributed by atoms with Crippen molar-refractivity contribution in [3.8, 4) is 10.6 Å². The summed E-state index contributed by atoms with van der Waals surface area (Å²) in [6.45, 7) is 5.78. The molecule has 1 aromatic heterocycles. The van der Waals surface area contributed by atoms with E-state index in [4.69, 9.17) is 11.6 Å². The van der Waals surface area contributed by atoms with E-state index < -0.39 is 0 Å². The third-order valence-electron chi connectivity index (χ3n) is 4.28. The summed E-state index contributed by atoms with van der Waals surface area (Å²) in [6, 6.07) is 8.64. The molecule has 3 rings (SSSR count). The van der Waals surface area contributed by atoms with Crippen LogP contribution in [0.3, 0.4) is 0 Å². The van der Waals surface area contributed by atoms with Crippen LogP contribution in [-0.2, 0) is 12.4 Å². The summed E-state index contributed by atoms with van der Waals surface area (Å²) in [7, 11) is 0. The fraction of sp³-hybridized carbons (Fsp3) is 0.471. The highest BCUT2D eigenvalue weighted by Gasteiger charge is 2.21. The zero-order valence-corrected chi connectivity index (χ0v) is 14.0. The number of halogens is 1. The Bertz CT molecular complexity index is 596. The van der Waals surface area contributed by atoms with Gasteiger partial charge in [-0.05, 0) is 24.4 Å². The maximum absolute atomic E-state index is 5.87. The minimum atomic E-state index is 0.489. The van der Waals surface area contributed by atoms with Gasteiger partial charge in [0.15, 0.2) is 0 Å². The summed E-state index contributed by atoms with van der Waals surface area (Å²) in [6.07, 6.45) is 2.63. The second kappa shape index (κ2) is 6.91. The number of likely N-dealkylation sites (tertiary alicyclic amines) is 1. The summed E-state index contributed by atoms with van der Waals surface area (Å²) < 4.78 is 0. The van der Waals surface area contributed by atoms with Crippen LogP contribution in [0.15, 0.2) is 29.6 Å². The lowest BCUT2D eigenvalue weighted by Crippen LogP contribution is -2.20. The van der Waals surface area contributed by atoms with Gasteiger partial charge in [-0.2, -0.15) is 0 Å². The quantitative estimate of drug-likeness (QED) is 0.737. The predicted octanol–water partition coefficient (Wildman–Crippen LogP) is 4.78. The third kappa shape index (κ3) is 3.47. The first kappa shape index (κ1) is 15.0. The van der Waals surface area contributed by atoms with Crippen molar-refractivity contribution in [2.75, 3.05) is 13.1 Å². The van der Waals surface area contributed by atoms with E-state index in [2.05, 4.69) is 46.5 Å². The smallest absolute Gasteiger partial charge is 0.123 e. The number of aromatic nitrogens is 1. The molecule has 1 unspecified atom stereocenters. The Hall–Kier alpha value is -0.900. The zero-order valence-electron chi connectivity index (χ0n) is 12.4. The lowest BCUT2D eigenvalue weighted by atomic mass is 10.1. The van der Waals surface area contributed by atoms with Crippen molar-refractivity contribution < 1.29 is 0 Å². The molecular formula is C17H21ClN2S. The molecule has 1 aromatic carbocycles. The first-order valence-corrected chi connectivity index (χ1v) is 9.02. The molecule has 1 saturated heterocycles. The Kier molecular flexibility index (Phi) is 4.94. The van der Waals surface area contributed by atoms with Crippen molar-refractivity contribution in [3.05, 3.63) is 40.9 Å². The van der Waals surface area contributed by atoms with Gasteiger partial charge in [0.1, 0.15) is 5.01 Å². The Balaban J connectivity index is 1.79. The largest absolute Gasteiger partial charge is 0.299 e. The van der Waals surface area contributed by atoms with E-state index in [0.717, 1.165) is 23.2 Å². The molecule has 1 atom stereocenters.